The van der Waals surface area contributed by atoms with Crippen LogP contribution in [-0.4, -0.2) is 0 Å². The Balaban J connectivity index is 1.10. The zero-order valence-corrected chi connectivity index (χ0v) is 29.1. The second-order valence-corrected chi connectivity index (χ2v) is 14.8. The molecule has 244 valence electrons. The smallest absolute Gasteiger partial charge is 0.143 e. The summed E-state index contributed by atoms with van der Waals surface area (Å²) in [7, 11) is 0. The van der Waals surface area contributed by atoms with Gasteiger partial charge in [0.05, 0.1) is 0 Å². The molecule has 0 saturated heterocycles. The molecule has 52 heavy (non-hydrogen) atoms. The van der Waals surface area contributed by atoms with E-state index in [2.05, 4.69) is 184 Å². The van der Waals surface area contributed by atoms with Crippen LogP contribution in [0.25, 0.3) is 98.8 Å². The highest BCUT2D eigenvalue weighted by Crippen LogP contribution is 2.50. The van der Waals surface area contributed by atoms with Crippen LogP contribution in [0, 0.1) is 0 Å². The van der Waals surface area contributed by atoms with Crippen LogP contribution >= 0.6 is 0 Å². The minimum absolute atomic E-state index is 0.0255. The summed E-state index contributed by atoms with van der Waals surface area (Å²) in [5.41, 5.74) is 14.8. The third kappa shape index (κ3) is 4.05. The quantitative estimate of drug-likeness (QED) is 0.172. The van der Waals surface area contributed by atoms with E-state index < -0.39 is 0 Å². The molecule has 0 amide bonds. The molecule has 0 fully saturated rings. The predicted octanol–water partition coefficient (Wildman–Crippen LogP) is 14.4. The highest BCUT2D eigenvalue weighted by Gasteiger charge is 2.35. The van der Waals surface area contributed by atoms with Gasteiger partial charge in [0.25, 0.3) is 0 Å². The van der Waals surface area contributed by atoms with Gasteiger partial charge in [0.1, 0.15) is 11.2 Å². The van der Waals surface area contributed by atoms with Gasteiger partial charge in [-0.2, -0.15) is 0 Å². The molecule has 1 aromatic heterocycles. The molecule has 11 rings (SSSR count). The largest absolute Gasteiger partial charge is 0.455 e. The Labute approximate surface area is 302 Å². The topological polar surface area (TPSA) is 13.1 Å². The minimum atomic E-state index is -0.0255. The molecule has 0 saturated carbocycles. The molecule has 1 heterocycles. The molecule has 1 nitrogen and oxygen atoms in total. The summed E-state index contributed by atoms with van der Waals surface area (Å²) in [6.45, 7) is 4.70. The monoisotopic (exact) mass is 662 g/mol. The van der Waals surface area contributed by atoms with E-state index in [1.54, 1.807) is 0 Å². The van der Waals surface area contributed by atoms with Gasteiger partial charge in [-0.1, -0.05) is 166 Å². The van der Waals surface area contributed by atoms with Gasteiger partial charge < -0.3 is 4.42 Å². The van der Waals surface area contributed by atoms with Crippen LogP contribution in [0.15, 0.2) is 174 Å². The van der Waals surface area contributed by atoms with Crippen molar-refractivity contribution in [3.63, 3.8) is 0 Å². The molecule has 0 atom stereocenters. The van der Waals surface area contributed by atoms with Crippen molar-refractivity contribution >= 4 is 54.3 Å². The van der Waals surface area contributed by atoms with E-state index in [-0.39, 0.29) is 5.41 Å². The Morgan fingerprint density at radius 3 is 1.71 bits per heavy atom. The van der Waals surface area contributed by atoms with E-state index >= 15 is 0 Å². The van der Waals surface area contributed by atoms with Gasteiger partial charge in [-0.25, -0.2) is 0 Å². The third-order valence-electron chi connectivity index (χ3n) is 11.7. The van der Waals surface area contributed by atoms with Crippen molar-refractivity contribution in [1.82, 2.24) is 0 Å². The first-order valence-electron chi connectivity index (χ1n) is 18.2. The van der Waals surface area contributed by atoms with E-state index in [0.717, 1.165) is 27.3 Å². The van der Waals surface area contributed by atoms with Gasteiger partial charge >= 0.3 is 0 Å². The van der Waals surface area contributed by atoms with Crippen molar-refractivity contribution in [2.75, 3.05) is 0 Å². The van der Waals surface area contributed by atoms with Crippen molar-refractivity contribution in [2.24, 2.45) is 0 Å². The Kier molecular flexibility index (Phi) is 6.08. The molecular formula is C51H34O. The molecule has 1 aliphatic rings. The van der Waals surface area contributed by atoms with Crippen LogP contribution in [0.2, 0.25) is 0 Å². The average molecular weight is 663 g/mol. The Morgan fingerprint density at radius 2 is 0.962 bits per heavy atom. The average Bonchev–Trinajstić information content (AvgIpc) is 3.69. The van der Waals surface area contributed by atoms with Gasteiger partial charge in [-0.3, -0.25) is 0 Å². The standard InChI is InChI=1S/C51H34O/c1-51(2)44-20-10-9-14-36(44)37-28-27-34(30-45(37)51)31-22-24-33(25-23-31)47-38-15-5-7-17-40(38)48(41-18-8-6-16-39(41)47)42-19-11-21-46-49(42)43-29-26-32-12-3-4-13-35(32)50(43)52-46/h3-30H,1-2H3. The molecule has 0 N–H and O–H groups in total. The lowest BCUT2D eigenvalue weighted by Gasteiger charge is -2.22. The zero-order chi connectivity index (χ0) is 34.6. The highest BCUT2D eigenvalue weighted by atomic mass is 16.3. The third-order valence-corrected chi connectivity index (χ3v) is 11.7. The fourth-order valence-corrected chi connectivity index (χ4v) is 9.20. The summed E-state index contributed by atoms with van der Waals surface area (Å²) in [5.74, 6) is 0. The second kappa shape index (κ2) is 10.8. The van der Waals surface area contributed by atoms with E-state index in [4.69, 9.17) is 4.42 Å². The summed E-state index contributed by atoms with van der Waals surface area (Å²) < 4.78 is 6.64. The van der Waals surface area contributed by atoms with E-state index in [0.29, 0.717) is 0 Å². The van der Waals surface area contributed by atoms with E-state index in [1.807, 2.05) is 0 Å². The van der Waals surface area contributed by atoms with E-state index in [9.17, 15) is 0 Å². The summed E-state index contributed by atoms with van der Waals surface area (Å²) in [4.78, 5) is 0. The lowest BCUT2D eigenvalue weighted by Crippen LogP contribution is -2.14. The van der Waals surface area contributed by atoms with Gasteiger partial charge in [0.2, 0.25) is 0 Å². The van der Waals surface area contributed by atoms with Crippen LogP contribution in [0.5, 0.6) is 0 Å². The number of hydrogen-bond acceptors (Lipinski definition) is 1. The Morgan fingerprint density at radius 1 is 0.385 bits per heavy atom. The minimum Gasteiger partial charge on any atom is -0.455 e. The lowest BCUT2D eigenvalue weighted by atomic mass is 9.81. The summed E-state index contributed by atoms with van der Waals surface area (Å²) in [6.07, 6.45) is 0. The molecule has 0 bridgehead atoms. The zero-order valence-electron chi connectivity index (χ0n) is 29.1. The fraction of sp³-hybridized carbons (Fsp3) is 0.0588. The first-order valence-corrected chi connectivity index (χ1v) is 18.2. The summed E-state index contributed by atoms with van der Waals surface area (Å²) in [5, 5.41) is 9.61. The predicted molar refractivity (Wildman–Crippen MR) is 220 cm³/mol. The molecule has 10 aromatic rings. The Bertz CT molecular complexity index is 3030. The van der Waals surface area contributed by atoms with Crippen LogP contribution in [0.1, 0.15) is 25.0 Å². The first kappa shape index (κ1) is 29.3. The second-order valence-electron chi connectivity index (χ2n) is 14.8. The van der Waals surface area contributed by atoms with Crippen LogP contribution in [0.4, 0.5) is 0 Å². The van der Waals surface area contributed by atoms with Crippen molar-refractivity contribution in [2.45, 2.75) is 19.3 Å². The summed E-state index contributed by atoms with van der Waals surface area (Å²) >= 11 is 0. The summed E-state index contributed by atoms with van der Waals surface area (Å²) in [6, 6.07) is 62.4. The van der Waals surface area contributed by atoms with Gasteiger partial charge in [0.15, 0.2) is 0 Å². The lowest BCUT2D eigenvalue weighted by molar-refractivity contribution is 0.660. The molecule has 0 radical (unpaired) electrons. The molecule has 1 heteroatoms. The molecule has 0 spiro atoms. The number of benzene rings is 9. The fourth-order valence-electron chi connectivity index (χ4n) is 9.20. The highest BCUT2D eigenvalue weighted by molar-refractivity contribution is 6.27. The molecule has 0 aliphatic heterocycles. The van der Waals surface area contributed by atoms with Crippen LogP contribution < -0.4 is 0 Å². The van der Waals surface area contributed by atoms with Crippen molar-refractivity contribution in [3.05, 3.63) is 181 Å². The molecule has 9 aromatic carbocycles. The first-order chi connectivity index (χ1) is 25.6. The Hall–Kier alpha value is -6.44. The van der Waals surface area contributed by atoms with Crippen molar-refractivity contribution in [1.29, 1.82) is 0 Å². The molecule has 1 aliphatic carbocycles. The number of fused-ring (bicyclic) bond motifs is 10. The van der Waals surface area contributed by atoms with Gasteiger partial charge in [0, 0.05) is 21.6 Å². The van der Waals surface area contributed by atoms with Crippen LogP contribution in [0.3, 0.4) is 0 Å². The number of hydrogen-bond donors (Lipinski definition) is 0. The van der Waals surface area contributed by atoms with E-state index in [1.165, 1.54) is 82.6 Å². The number of rotatable bonds is 3. The van der Waals surface area contributed by atoms with Gasteiger partial charge in [-0.15, -0.1) is 0 Å². The maximum absolute atomic E-state index is 6.64. The molecular weight excluding hydrogens is 629 g/mol. The number of furan rings is 1. The van der Waals surface area contributed by atoms with Gasteiger partial charge in [-0.05, 0) is 101 Å². The maximum atomic E-state index is 6.64. The maximum Gasteiger partial charge on any atom is 0.143 e. The van der Waals surface area contributed by atoms with Crippen molar-refractivity contribution in [3.8, 4) is 44.5 Å². The van der Waals surface area contributed by atoms with Crippen molar-refractivity contribution < 1.29 is 4.42 Å². The molecule has 0 unspecified atom stereocenters. The SMILES string of the molecule is CC1(C)c2ccccc2-c2ccc(-c3ccc(-c4c5ccccc5c(-c5cccc6oc7c8ccccc8ccc7c56)c5ccccc45)cc3)cc21. The normalized spacial score (nSPS) is 13.3. The van der Waals surface area contributed by atoms with Crippen LogP contribution in [-0.2, 0) is 5.41 Å².